The fraction of sp³-hybridized carbons (Fsp3) is 0.167. The lowest BCUT2D eigenvalue weighted by molar-refractivity contribution is -0.118. The van der Waals surface area contributed by atoms with E-state index < -0.39 is 0 Å². The minimum Gasteiger partial charge on any atom is -0.484 e. The molecule has 0 atom stereocenters. The van der Waals surface area contributed by atoms with E-state index in [1.165, 1.54) is 0 Å². The lowest BCUT2D eigenvalue weighted by Crippen LogP contribution is -2.20. The van der Waals surface area contributed by atoms with Gasteiger partial charge in [-0.2, -0.15) is 5.10 Å². The van der Waals surface area contributed by atoms with Gasteiger partial charge in [-0.05, 0) is 25.1 Å². The van der Waals surface area contributed by atoms with E-state index in [4.69, 9.17) is 4.74 Å². The smallest absolute Gasteiger partial charge is 0.263 e. The Hall–Kier alpha value is -1.82. The largest absolute Gasteiger partial charge is 0.484 e. The topological polar surface area (TPSA) is 67.0 Å². The summed E-state index contributed by atoms with van der Waals surface area (Å²) in [5.41, 5.74) is 0.880. The Balaban J connectivity index is 1.87. The third-order valence-electron chi connectivity index (χ3n) is 2.26. The fourth-order valence-corrected chi connectivity index (χ4v) is 1.73. The van der Waals surface area contributed by atoms with Crippen LogP contribution in [0.1, 0.15) is 5.56 Å². The van der Waals surface area contributed by atoms with Crippen molar-refractivity contribution in [3.05, 3.63) is 40.5 Å². The molecule has 0 fully saturated rings. The molecule has 0 aliphatic rings. The molecule has 2 rings (SSSR count). The number of halogens is 1. The van der Waals surface area contributed by atoms with Crippen LogP contribution in [0.2, 0.25) is 0 Å². The predicted molar refractivity (Wildman–Crippen MR) is 71.6 cm³/mol. The first-order valence-corrected chi connectivity index (χ1v) is 6.12. The van der Waals surface area contributed by atoms with Gasteiger partial charge >= 0.3 is 0 Å². The number of nitrogens with zero attached hydrogens (tertiary/aromatic N) is 1. The van der Waals surface area contributed by atoms with Crippen LogP contribution in [0, 0.1) is 6.92 Å². The van der Waals surface area contributed by atoms with Gasteiger partial charge in [0.1, 0.15) is 11.6 Å². The van der Waals surface area contributed by atoms with Crippen molar-refractivity contribution >= 4 is 27.7 Å². The summed E-state index contributed by atoms with van der Waals surface area (Å²) in [6.45, 7) is 1.81. The van der Waals surface area contributed by atoms with E-state index in [-0.39, 0.29) is 12.5 Å². The van der Waals surface area contributed by atoms with Crippen molar-refractivity contribution in [1.29, 1.82) is 0 Å². The average molecular weight is 310 g/mol. The average Bonchev–Trinajstić information content (AvgIpc) is 2.73. The van der Waals surface area contributed by atoms with Gasteiger partial charge in [0.25, 0.3) is 5.91 Å². The Kier molecular flexibility index (Phi) is 3.99. The van der Waals surface area contributed by atoms with Crippen molar-refractivity contribution in [2.45, 2.75) is 6.92 Å². The number of amides is 1. The number of nitrogens with one attached hydrogen (secondary N) is 2. The van der Waals surface area contributed by atoms with E-state index in [2.05, 4.69) is 31.4 Å². The lowest BCUT2D eigenvalue weighted by Gasteiger charge is -2.07. The number of aromatic amines is 1. The molecule has 0 saturated carbocycles. The first kappa shape index (κ1) is 12.6. The maximum absolute atomic E-state index is 11.6. The van der Waals surface area contributed by atoms with E-state index in [1.54, 1.807) is 18.3 Å². The Labute approximate surface area is 113 Å². The van der Waals surface area contributed by atoms with Crippen LogP contribution in [-0.4, -0.2) is 22.7 Å². The van der Waals surface area contributed by atoms with Gasteiger partial charge in [0, 0.05) is 10.0 Å². The minimum absolute atomic E-state index is 0.0467. The monoisotopic (exact) mass is 309 g/mol. The SMILES string of the molecule is Cc1cn[nH]c1NC(=O)COc1cccc(Br)c1. The van der Waals surface area contributed by atoms with Crippen molar-refractivity contribution in [1.82, 2.24) is 10.2 Å². The number of ether oxygens (including phenoxy) is 1. The zero-order valence-corrected chi connectivity index (χ0v) is 11.3. The first-order chi connectivity index (χ1) is 8.65. The molecule has 2 aromatic rings. The molecule has 0 aliphatic carbocycles. The van der Waals surface area contributed by atoms with Crippen LogP contribution in [0.15, 0.2) is 34.9 Å². The Morgan fingerprint density at radius 2 is 2.39 bits per heavy atom. The van der Waals surface area contributed by atoms with E-state index >= 15 is 0 Å². The summed E-state index contributed by atoms with van der Waals surface area (Å²) in [7, 11) is 0. The molecule has 1 amide bonds. The molecule has 0 radical (unpaired) electrons. The van der Waals surface area contributed by atoms with Gasteiger partial charge in [-0.1, -0.05) is 22.0 Å². The van der Waals surface area contributed by atoms with Gasteiger partial charge in [0.15, 0.2) is 6.61 Å². The van der Waals surface area contributed by atoms with Crippen molar-refractivity contribution in [2.24, 2.45) is 0 Å². The van der Waals surface area contributed by atoms with Gasteiger partial charge in [0.05, 0.1) is 6.20 Å². The number of carbonyl (C=O) groups excluding carboxylic acids is 1. The zero-order chi connectivity index (χ0) is 13.0. The highest BCUT2D eigenvalue weighted by Gasteiger charge is 2.07. The molecule has 2 N–H and O–H groups in total. The number of rotatable bonds is 4. The van der Waals surface area contributed by atoms with Crippen molar-refractivity contribution < 1.29 is 9.53 Å². The molecule has 0 saturated heterocycles. The predicted octanol–water partition coefficient (Wildman–Crippen LogP) is 2.50. The number of aromatic nitrogens is 2. The van der Waals surface area contributed by atoms with Crippen LogP contribution in [0.4, 0.5) is 5.82 Å². The van der Waals surface area contributed by atoms with Crippen molar-refractivity contribution in [2.75, 3.05) is 11.9 Å². The van der Waals surface area contributed by atoms with E-state index in [9.17, 15) is 4.79 Å². The van der Waals surface area contributed by atoms with Crippen LogP contribution in [0.3, 0.4) is 0 Å². The molecular weight excluding hydrogens is 298 g/mol. The highest BCUT2D eigenvalue weighted by molar-refractivity contribution is 9.10. The summed E-state index contributed by atoms with van der Waals surface area (Å²) in [5.74, 6) is 1.00. The summed E-state index contributed by atoms with van der Waals surface area (Å²) in [6.07, 6.45) is 1.64. The minimum atomic E-state index is -0.234. The number of hydrogen-bond acceptors (Lipinski definition) is 3. The van der Waals surface area contributed by atoms with Crippen LogP contribution in [0.5, 0.6) is 5.75 Å². The van der Waals surface area contributed by atoms with Gasteiger partial charge in [-0.3, -0.25) is 9.89 Å². The molecule has 0 aliphatic heterocycles. The van der Waals surface area contributed by atoms with E-state index in [0.29, 0.717) is 11.6 Å². The molecule has 5 nitrogen and oxygen atoms in total. The van der Waals surface area contributed by atoms with Crippen molar-refractivity contribution in [3.63, 3.8) is 0 Å². The molecule has 94 valence electrons. The van der Waals surface area contributed by atoms with Crippen molar-refractivity contribution in [3.8, 4) is 5.75 Å². The third kappa shape index (κ3) is 3.33. The molecule has 0 bridgehead atoms. The molecule has 1 aromatic heterocycles. The van der Waals surface area contributed by atoms with Gasteiger partial charge in [-0.15, -0.1) is 0 Å². The highest BCUT2D eigenvalue weighted by Crippen LogP contribution is 2.17. The number of hydrogen-bond donors (Lipinski definition) is 2. The van der Waals surface area contributed by atoms with Gasteiger partial charge in [0.2, 0.25) is 0 Å². The summed E-state index contributed by atoms with van der Waals surface area (Å²) >= 11 is 3.33. The Morgan fingerprint density at radius 1 is 1.56 bits per heavy atom. The first-order valence-electron chi connectivity index (χ1n) is 5.33. The molecule has 1 aromatic carbocycles. The van der Waals surface area contributed by atoms with Gasteiger partial charge < -0.3 is 10.1 Å². The van der Waals surface area contributed by atoms with Crippen LogP contribution >= 0.6 is 15.9 Å². The number of benzene rings is 1. The molecule has 0 unspecified atom stereocenters. The number of carbonyl (C=O) groups is 1. The second-order valence-corrected chi connectivity index (χ2v) is 4.64. The lowest BCUT2D eigenvalue weighted by atomic mass is 10.3. The second-order valence-electron chi connectivity index (χ2n) is 3.72. The summed E-state index contributed by atoms with van der Waals surface area (Å²) in [4.78, 5) is 11.6. The third-order valence-corrected chi connectivity index (χ3v) is 2.75. The van der Waals surface area contributed by atoms with E-state index in [1.807, 2.05) is 19.1 Å². The van der Waals surface area contributed by atoms with Crippen LogP contribution in [-0.2, 0) is 4.79 Å². The second kappa shape index (κ2) is 5.68. The van der Waals surface area contributed by atoms with Crippen LogP contribution < -0.4 is 10.1 Å². The number of H-pyrrole nitrogens is 1. The van der Waals surface area contributed by atoms with E-state index in [0.717, 1.165) is 10.0 Å². The maximum atomic E-state index is 11.6. The summed E-state index contributed by atoms with van der Waals surface area (Å²) < 4.78 is 6.27. The van der Waals surface area contributed by atoms with Gasteiger partial charge in [-0.25, -0.2) is 0 Å². The maximum Gasteiger partial charge on any atom is 0.263 e. The summed E-state index contributed by atoms with van der Waals surface area (Å²) in [6, 6.07) is 7.32. The molecule has 18 heavy (non-hydrogen) atoms. The number of anilines is 1. The standard InChI is InChI=1S/C12H12BrN3O2/c1-8-6-14-16-12(8)15-11(17)7-18-10-4-2-3-9(13)5-10/h2-6H,7H2,1H3,(H2,14,15,16,17). The fourth-order valence-electron chi connectivity index (χ4n) is 1.35. The quantitative estimate of drug-likeness (QED) is 0.912. The Bertz CT molecular complexity index is 554. The molecule has 6 heteroatoms. The molecular formula is C12H12BrN3O2. The molecule has 0 spiro atoms. The zero-order valence-electron chi connectivity index (χ0n) is 9.74. The highest BCUT2D eigenvalue weighted by atomic mass is 79.9. The Morgan fingerprint density at radius 3 is 3.06 bits per heavy atom. The normalized spacial score (nSPS) is 10.1. The number of aryl methyl sites for hydroxylation is 1. The molecule has 1 heterocycles. The summed E-state index contributed by atoms with van der Waals surface area (Å²) in [5, 5.41) is 9.20. The van der Waals surface area contributed by atoms with Crippen LogP contribution in [0.25, 0.3) is 0 Å².